The van der Waals surface area contributed by atoms with Gasteiger partial charge in [-0.2, -0.15) is 0 Å². The van der Waals surface area contributed by atoms with Crippen molar-refractivity contribution in [2.24, 2.45) is 0 Å². The number of carbonyl (C=O) groups excluding carboxylic acids is 2. The maximum Gasteiger partial charge on any atom is 0.259 e. The second-order valence-corrected chi connectivity index (χ2v) is 7.46. The molecular formula is C26H22N2O4. The maximum absolute atomic E-state index is 13.2. The third-order valence-corrected chi connectivity index (χ3v) is 5.40. The number of carbonyl (C=O) groups is 2. The number of rotatable bonds is 4. The molecule has 4 aromatic rings. The van der Waals surface area contributed by atoms with Gasteiger partial charge in [0.15, 0.2) is 11.0 Å². The zero-order valence-electron chi connectivity index (χ0n) is 18.0. The summed E-state index contributed by atoms with van der Waals surface area (Å²) in [6.07, 6.45) is 0. The number of hydrogen-bond acceptors (Lipinski definition) is 4. The molecule has 6 nitrogen and oxygen atoms in total. The molecule has 0 saturated carbocycles. The minimum absolute atomic E-state index is 0.193. The third-order valence-electron chi connectivity index (χ3n) is 5.40. The molecule has 3 aromatic carbocycles. The van der Waals surface area contributed by atoms with Gasteiger partial charge >= 0.3 is 0 Å². The molecule has 0 aliphatic rings. The highest BCUT2D eigenvalue weighted by atomic mass is 16.3. The Morgan fingerprint density at radius 1 is 0.844 bits per heavy atom. The number of anilines is 1. The van der Waals surface area contributed by atoms with Gasteiger partial charge in [-0.3, -0.25) is 14.4 Å². The molecule has 6 heteroatoms. The van der Waals surface area contributed by atoms with Crippen molar-refractivity contribution in [3.63, 3.8) is 0 Å². The lowest BCUT2D eigenvalue weighted by Gasteiger charge is -2.14. The molecule has 0 saturated heterocycles. The number of amides is 2. The SMILES string of the molecule is CNC(=O)c1c(C)cccc1NC(=O)c1cccc2c(=O)c(C)c(-c3ccccc3)oc12. The van der Waals surface area contributed by atoms with E-state index >= 15 is 0 Å². The standard InChI is InChI=1S/C26H22N2O4/c1-15-9-7-14-20(21(15)26(31)27-3)28-25(30)19-13-8-12-18-22(29)16(2)23(32-24(18)19)17-10-5-4-6-11-17/h4-14H,1-3H3,(H,27,31)(H,28,30). The van der Waals surface area contributed by atoms with Crippen molar-refractivity contribution in [1.29, 1.82) is 0 Å². The minimum atomic E-state index is -0.475. The highest BCUT2D eigenvalue weighted by Crippen LogP contribution is 2.28. The molecule has 0 aliphatic heterocycles. The van der Waals surface area contributed by atoms with Crippen LogP contribution in [0.25, 0.3) is 22.3 Å². The van der Waals surface area contributed by atoms with Crippen molar-refractivity contribution in [1.82, 2.24) is 5.32 Å². The maximum atomic E-state index is 13.2. The summed E-state index contributed by atoms with van der Waals surface area (Å²) >= 11 is 0. The molecule has 1 heterocycles. The molecule has 0 radical (unpaired) electrons. The average Bonchev–Trinajstić information content (AvgIpc) is 2.81. The molecule has 0 aliphatic carbocycles. The van der Waals surface area contributed by atoms with E-state index in [2.05, 4.69) is 10.6 Å². The normalized spacial score (nSPS) is 10.7. The topological polar surface area (TPSA) is 88.4 Å². The Kier molecular flexibility index (Phi) is 5.60. The summed E-state index contributed by atoms with van der Waals surface area (Å²) in [5, 5.41) is 5.73. The number of hydrogen-bond donors (Lipinski definition) is 2. The zero-order valence-corrected chi connectivity index (χ0v) is 18.0. The molecule has 160 valence electrons. The number of aryl methyl sites for hydroxylation is 1. The predicted molar refractivity (Wildman–Crippen MR) is 125 cm³/mol. The van der Waals surface area contributed by atoms with E-state index in [1.807, 2.05) is 30.3 Å². The van der Waals surface area contributed by atoms with Crippen LogP contribution in [0.5, 0.6) is 0 Å². The van der Waals surface area contributed by atoms with E-state index < -0.39 is 5.91 Å². The molecule has 2 N–H and O–H groups in total. The van der Waals surface area contributed by atoms with Crippen LogP contribution >= 0.6 is 0 Å². The number of nitrogens with one attached hydrogen (secondary N) is 2. The van der Waals surface area contributed by atoms with E-state index in [9.17, 15) is 14.4 Å². The summed E-state index contributed by atoms with van der Waals surface area (Å²) in [5.41, 5.74) is 2.93. The fourth-order valence-electron chi connectivity index (χ4n) is 3.74. The van der Waals surface area contributed by atoms with E-state index in [1.54, 1.807) is 50.2 Å². The smallest absolute Gasteiger partial charge is 0.259 e. The fourth-order valence-corrected chi connectivity index (χ4v) is 3.74. The molecular weight excluding hydrogens is 404 g/mol. The van der Waals surface area contributed by atoms with Gasteiger partial charge in [-0.25, -0.2) is 0 Å². The van der Waals surface area contributed by atoms with E-state index in [1.165, 1.54) is 7.05 Å². The first-order chi connectivity index (χ1) is 15.4. The molecule has 2 amide bonds. The molecule has 0 fully saturated rings. The van der Waals surface area contributed by atoms with E-state index in [0.717, 1.165) is 11.1 Å². The van der Waals surface area contributed by atoms with Crippen LogP contribution in [0.1, 0.15) is 31.8 Å². The highest BCUT2D eigenvalue weighted by Gasteiger charge is 2.20. The molecule has 1 aromatic heterocycles. The first-order valence-corrected chi connectivity index (χ1v) is 10.2. The molecule has 0 bridgehead atoms. The Morgan fingerprint density at radius 3 is 2.28 bits per heavy atom. The van der Waals surface area contributed by atoms with Crippen LogP contribution in [-0.2, 0) is 0 Å². The van der Waals surface area contributed by atoms with Gasteiger partial charge in [0.2, 0.25) is 0 Å². The van der Waals surface area contributed by atoms with Crippen LogP contribution in [0, 0.1) is 13.8 Å². The summed E-state index contributed by atoms with van der Waals surface area (Å²) < 4.78 is 6.13. The van der Waals surface area contributed by atoms with Crippen molar-refractivity contribution >= 4 is 28.5 Å². The van der Waals surface area contributed by atoms with Crippen molar-refractivity contribution in [2.45, 2.75) is 13.8 Å². The predicted octanol–water partition coefficient (Wildman–Crippen LogP) is 4.69. The van der Waals surface area contributed by atoms with Crippen molar-refractivity contribution in [3.8, 4) is 11.3 Å². The van der Waals surface area contributed by atoms with E-state index in [-0.39, 0.29) is 22.5 Å². The summed E-state index contributed by atoms with van der Waals surface area (Å²) in [5.74, 6) is -0.354. The molecule has 0 unspecified atom stereocenters. The van der Waals surface area contributed by atoms with Crippen LogP contribution in [0.4, 0.5) is 5.69 Å². The first kappa shape index (κ1) is 21.1. The zero-order chi connectivity index (χ0) is 22.8. The summed E-state index contributed by atoms with van der Waals surface area (Å²) in [6.45, 7) is 3.51. The number of para-hydroxylation sites is 1. The Balaban J connectivity index is 1.85. The third kappa shape index (κ3) is 3.67. The van der Waals surface area contributed by atoms with Crippen LogP contribution in [-0.4, -0.2) is 18.9 Å². The van der Waals surface area contributed by atoms with Gasteiger partial charge in [0.05, 0.1) is 22.2 Å². The summed E-state index contributed by atoms with van der Waals surface area (Å²) in [4.78, 5) is 38.6. The van der Waals surface area contributed by atoms with E-state index in [4.69, 9.17) is 4.42 Å². The fraction of sp³-hybridized carbons (Fsp3) is 0.115. The van der Waals surface area contributed by atoms with Crippen LogP contribution in [0.15, 0.2) is 75.9 Å². The van der Waals surface area contributed by atoms with Gasteiger partial charge in [0.25, 0.3) is 11.8 Å². The number of benzene rings is 3. The quantitative estimate of drug-likeness (QED) is 0.496. The molecule has 0 atom stereocenters. The monoisotopic (exact) mass is 426 g/mol. The summed E-state index contributed by atoms with van der Waals surface area (Å²) in [6, 6.07) is 19.4. The van der Waals surface area contributed by atoms with Gasteiger partial charge in [-0.05, 0) is 37.6 Å². The van der Waals surface area contributed by atoms with Gasteiger partial charge in [-0.15, -0.1) is 0 Å². The molecule has 32 heavy (non-hydrogen) atoms. The molecule has 0 spiro atoms. The van der Waals surface area contributed by atoms with Gasteiger partial charge in [0, 0.05) is 18.2 Å². The minimum Gasteiger partial charge on any atom is -0.455 e. The van der Waals surface area contributed by atoms with Crippen molar-refractivity contribution in [2.75, 3.05) is 12.4 Å². The summed E-state index contributed by atoms with van der Waals surface area (Å²) in [7, 11) is 1.53. The largest absolute Gasteiger partial charge is 0.455 e. The van der Waals surface area contributed by atoms with Gasteiger partial charge in [0.1, 0.15) is 5.76 Å². The molecule has 4 rings (SSSR count). The lowest BCUT2D eigenvalue weighted by atomic mass is 10.0. The Morgan fingerprint density at radius 2 is 1.56 bits per heavy atom. The number of fused-ring (bicyclic) bond motifs is 1. The van der Waals surface area contributed by atoms with Crippen LogP contribution < -0.4 is 16.1 Å². The van der Waals surface area contributed by atoms with Crippen LogP contribution in [0.2, 0.25) is 0 Å². The second kappa shape index (κ2) is 8.51. The van der Waals surface area contributed by atoms with Crippen molar-refractivity contribution < 1.29 is 14.0 Å². The van der Waals surface area contributed by atoms with E-state index in [0.29, 0.717) is 28.0 Å². The highest BCUT2D eigenvalue weighted by molar-refractivity contribution is 6.14. The second-order valence-electron chi connectivity index (χ2n) is 7.46. The Hall–Kier alpha value is -4.19. The lowest BCUT2D eigenvalue weighted by Crippen LogP contribution is -2.23. The first-order valence-electron chi connectivity index (χ1n) is 10.2. The van der Waals surface area contributed by atoms with Crippen LogP contribution in [0.3, 0.4) is 0 Å². The Labute approximate surface area is 184 Å². The Bertz CT molecular complexity index is 1410. The van der Waals surface area contributed by atoms with Gasteiger partial charge in [-0.1, -0.05) is 48.5 Å². The average molecular weight is 426 g/mol. The van der Waals surface area contributed by atoms with Gasteiger partial charge < -0.3 is 15.1 Å². The lowest BCUT2D eigenvalue weighted by molar-refractivity contribution is 0.0963. The van der Waals surface area contributed by atoms with Crippen molar-refractivity contribution in [3.05, 3.63) is 99.2 Å².